The summed E-state index contributed by atoms with van der Waals surface area (Å²) in [6.45, 7) is 6.31. The van der Waals surface area contributed by atoms with E-state index in [1.807, 2.05) is 13.8 Å². The second kappa shape index (κ2) is 12.8. The number of nitrogens with two attached hydrogens (primary N) is 1. The zero-order valence-electron chi connectivity index (χ0n) is 19.2. The normalized spacial score (nSPS) is 15.6. The monoisotopic (exact) mass is 466 g/mol. The summed E-state index contributed by atoms with van der Waals surface area (Å²) >= 11 is 0. The molecule has 0 aliphatic carbocycles. The molecule has 11 nitrogen and oxygen atoms in total. The summed E-state index contributed by atoms with van der Waals surface area (Å²) in [4.78, 5) is 49.0. The number of aliphatic hydroxyl groups is 1. The Morgan fingerprint density at radius 3 is 1.97 bits per heavy atom. The first-order valence-corrected chi connectivity index (χ1v) is 10.7. The van der Waals surface area contributed by atoms with Gasteiger partial charge in [0.2, 0.25) is 17.7 Å². The van der Waals surface area contributed by atoms with Crippen LogP contribution in [-0.4, -0.2) is 69.3 Å². The van der Waals surface area contributed by atoms with Gasteiger partial charge in [-0.1, -0.05) is 26.0 Å². The summed E-state index contributed by atoms with van der Waals surface area (Å²) in [6.07, 6.45) is -0.931. The van der Waals surface area contributed by atoms with Crippen molar-refractivity contribution in [3.8, 4) is 5.75 Å². The number of rotatable bonds is 12. The number of carboxylic acids is 1. The number of carbonyl (C=O) groups is 4. The highest BCUT2D eigenvalue weighted by Gasteiger charge is 2.32. The summed E-state index contributed by atoms with van der Waals surface area (Å²) in [7, 11) is 0. The molecule has 0 heterocycles. The highest BCUT2D eigenvalue weighted by atomic mass is 16.4. The number of carbonyl (C=O) groups excluding carboxylic acids is 3. The third kappa shape index (κ3) is 9.46. The fourth-order valence-corrected chi connectivity index (χ4v) is 2.99. The fraction of sp³-hybridized carbons (Fsp3) is 0.545. The van der Waals surface area contributed by atoms with Gasteiger partial charge in [0.05, 0.1) is 12.1 Å². The summed E-state index contributed by atoms with van der Waals surface area (Å²) in [5.74, 6) is -3.32. The van der Waals surface area contributed by atoms with Gasteiger partial charge in [0.25, 0.3) is 0 Å². The van der Waals surface area contributed by atoms with Crippen molar-refractivity contribution in [1.29, 1.82) is 0 Å². The molecule has 0 radical (unpaired) electrons. The third-order valence-corrected chi connectivity index (χ3v) is 4.86. The molecule has 0 aromatic heterocycles. The van der Waals surface area contributed by atoms with Crippen molar-refractivity contribution < 1.29 is 34.5 Å². The molecule has 1 aromatic carbocycles. The van der Waals surface area contributed by atoms with Gasteiger partial charge in [-0.25, -0.2) is 0 Å². The van der Waals surface area contributed by atoms with Crippen molar-refractivity contribution in [2.24, 2.45) is 11.7 Å². The molecule has 8 N–H and O–H groups in total. The molecule has 0 aliphatic heterocycles. The molecule has 1 rings (SSSR count). The molecule has 0 aliphatic rings. The van der Waals surface area contributed by atoms with E-state index in [0.29, 0.717) is 12.0 Å². The van der Waals surface area contributed by atoms with Crippen molar-refractivity contribution in [3.63, 3.8) is 0 Å². The van der Waals surface area contributed by atoms with Gasteiger partial charge < -0.3 is 37.0 Å². The van der Waals surface area contributed by atoms with Crippen molar-refractivity contribution in [1.82, 2.24) is 16.0 Å². The van der Waals surface area contributed by atoms with Crippen molar-refractivity contribution in [2.75, 3.05) is 0 Å². The number of benzene rings is 1. The number of phenolic OH excluding ortho intramolecular Hbond substituents is 1. The van der Waals surface area contributed by atoms with Crippen molar-refractivity contribution in [2.45, 2.75) is 70.8 Å². The van der Waals surface area contributed by atoms with E-state index in [2.05, 4.69) is 16.0 Å². The van der Waals surface area contributed by atoms with E-state index in [9.17, 15) is 29.4 Å². The maximum absolute atomic E-state index is 13.0. The van der Waals surface area contributed by atoms with Gasteiger partial charge in [0, 0.05) is 6.42 Å². The van der Waals surface area contributed by atoms with Gasteiger partial charge in [0.15, 0.2) is 0 Å². The Bertz CT molecular complexity index is 827. The number of carboxylic acid groups (broad SMARTS) is 1. The molecule has 0 saturated carbocycles. The average Bonchev–Trinajstić information content (AvgIpc) is 2.71. The van der Waals surface area contributed by atoms with Crippen LogP contribution in [0, 0.1) is 5.92 Å². The van der Waals surface area contributed by atoms with Crippen molar-refractivity contribution in [3.05, 3.63) is 29.8 Å². The second-order valence-corrected chi connectivity index (χ2v) is 8.46. The minimum absolute atomic E-state index is 0.0198. The number of amides is 3. The molecule has 1 aromatic rings. The van der Waals surface area contributed by atoms with Gasteiger partial charge in [-0.3, -0.25) is 19.2 Å². The lowest BCUT2D eigenvalue weighted by atomic mass is 10.0. The molecule has 3 amide bonds. The summed E-state index contributed by atoms with van der Waals surface area (Å²) in [6, 6.07) is 1.30. The molecule has 0 saturated heterocycles. The first-order valence-electron chi connectivity index (χ1n) is 10.7. The number of nitrogens with one attached hydrogen (secondary N) is 3. The van der Waals surface area contributed by atoms with E-state index in [4.69, 9.17) is 10.8 Å². The molecule has 184 valence electrons. The molecule has 33 heavy (non-hydrogen) atoms. The van der Waals surface area contributed by atoms with E-state index < -0.39 is 54.0 Å². The predicted molar refractivity (Wildman–Crippen MR) is 120 cm³/mol. The van der Waals surface area contributed by atoms with Crippen molar-refractivity contribution >= 4 is 23.7 Å². The minimum Gasteiger partial charge on any atom is -0.508 e. The van der Waals surface area contributed by atoms with Crippen LogP contribution in [0.2, 0.25) is 0 Å². The Morgan fingerprint density at radius 1 is 0.909 bits per heavy atom. The number of hydrogen-bond donors (Lipinski definition) is 7. The van der Waals surface area contributed by atoms with E-state index in [1.54, 1.807) is 12.1 Å². The van der Waals surface area contributed by atoms with Gasteiger partial charge in [0.1, 0.15) is 23.9 Å². The Hall–Kier alpha value is -3.18. The largest absolute Gasteiger partial charge is 0.508 e. The number of phenols is 1. The number of aliphatic carboxylic acids is 1. The Kier molecular flexibility index (Phi) is 10.8. The summed E-state index contributed by atoms with van der Waals surface area (Å²) in [5, 5.41) is 35.6. The number of aromatic hydroxyl groups is 1. The van der Waals surface area contributed by atoms with Crippen LogP contribution in [0.15, 0.2) is 24.3 Å². The Labute approximate surface area is 192 Å². The standard InChI is InChI=1S/C22H34N4O7/c1-11(2)9-16(23)19(29)25-17(10-14-5-7-15(28)8-6-14)20(30)26-18(13(4)27)21(31)24-12(3)22(32)33/h5-8,11-13,16-18,27-28H,9-10,23H2,1-4H3,(H,24,31)(H,25,29)(H,26,30)(H,32,33). The van der Waals surface area contributed by atoms with Crippen LogP contribution in [0.4, 0.5) is 0 Å². The van der Waals surface area contributed by atoms with E-state index in [-0.39, 0.29) is 18.1 Å². The van der Waals surface area contributed by atoms with E-state index in [0.717, 1.165) is 0 Å². The molecule has 5 atom stereocenters. The van der Waals surface area contributed by atoms with Crippen LogP contribution < -0.4 is 21.7 Å². The summed E-state index contributed by atoms with van der Waals surface area (Å²) in [5.41, 5.74) is 6.54. The lowest BCUT2D eigenvalue weighted by molar-refractivity contribution is -0.142. The molecular weight excluding hydrogens is 432 g/mol. The van der Waals surface area contributed by atoms with Crippen LogP contribution >= 0.6 is 0 Å². The highest BCUT2D eigenvalue weighted by molar-refractivity contribution is 5.94. The topological polar surface area (TPSA) is 191 Å². The van der Waals surface area contributed by atoms with Crippen LogP contribution in [-0.2, 0) is 25.6 Å². The summed E-state index contributed by atoms with van der Waals surface area (Å²) < 4.78 is 0. The first-order chi connectivity index (χ1) is 15.3. The van der Waals surface area contributed by atoms with Gasteiger partial charge in [-0.15, -0.1) is 0 Å². The molecule has 0 spiro atoms. The van der Waals surface area contributed by atoms with Crippen LogP contribution in [0.3, 0.4) is 0 Å². The predicted octanol–water partition coefficient (Wildman–Crippen LogP) is -0.752. The fourth-order valence-electron chi connectivity index (χ4n) is 2.99. The van der Waals surface area contributed by atoms with Gasteiger partial charge in [-0.2, -0.15) is 0 Å². The maximum atomic E-state index is 13.0. The quantitative estimate of drug-likeness (QED) is 0.209. The smallest absolute Gasteiger partial charge is 0.325 e. The average molecular weight is 467 g/mol. The highest BCUT2D eigenvalue weighted by Crippen LogP contribution is 2.12. The minimum atomic E-state index is -1.46. The maximum Gasteiger partial charge on any atom is 0.325 e. The second-order valence-electron chi connectivity index (χ2n) is 8.46. The molecule has 0 fully saturated rings. The molecule has 5 unspecified atom stereocenters. The van der Waals surface area contributed by atoms with Crippen LogP contribution in [0.1, 0.15) is 39.7 Å². The zero-order chi connectivity index (χ0) is 25.3. The molecular formula is C22H34N4O7. The SMILES string of the molecule is CC(C)CC(N)C(=O)NC(Cc1ccc(O)cc1)C(=O)NC(C(=O)NC(C)C(=O)O)C(C)O. The Morgan fingerprint density at radius 2 is 1.48 bits per heavy atom. The van der Waals surface area contributed by atoms with Crippen LogP contribution in [0.5, 0.6) is 5.75 Å². The van der Waals surface area contributed by atoms with E-state index in [1.165, 1.54) is 26.0 Å². The third-order valence-electron chi connectivity index (χ3n) is 4.86. The lowest BCUT2D eigenvalue weighted by Crippen LogP contribution is -2.60. The molecule has 0 bridgehead atoms. The number of hydrogen-bond acceptors (Lipinski definition) is 7. The Balaban J connectivity index is 3.06. The number of aliphatic hydroxyl groups excluding tert-OH is 1. The first kappa shape index (κ1) is 27.9. The van der Waals surface area contributed by atoms with E-state index >= 15 is 0 Å². The molecule has 11 heteroatoms. The zero-order valence-corrected chi connectivity index (χ0v) is 19.2. The van der Waals surface area contributed by atoms with Gasteiger partial charge in [-0.05, 0) is 43.9 Å². The lowest BCUT2D eigenvalue weighted by Gasteiger charge is -2.26. The van der Waals surface area contributed by atoms with Gasteiger partial charge >= 0.3 is 5.97 Å². The van der Waals surface area contributed by atoms with Crippen LogP contribution in [0.25, 0.3) is 0 Å².